The molecule has 9 nitrogen and oxygen atoms in total. The Morgan fingerprint density at radius 2 is 1.71 bits per heavy atom. The fourth-order valence-electron chi connectivity index (χ4n) is 7.15. The van der Waals surface area contributed by atoms with Crippen LogP contribution >= 0.6 is 0 Å². The summed E-state index contributed by atoms with van der Waals surface area (Å²) in [5, 5.41) is 2.72. The van der Waals surface area contributed by atoms with Gasteiger partial charge in [-0.05, 0) is 61.6 Å². The standard InChI is InChI=1S/C37H38F6N4O5/c1-3-7-26-20-28(35(36(38,39)40,37(41,42)43)52-23-24-8-5-4-6-9-24)12-13-29(26)45-15-17-46(18-16-45)31(48)22-47-32(49)34(2,44-33(47)50)27-11-10-25-14-19-51-30(25)21-27/h3-9,11-13,20-21,25H,10,14-19,22-23H2,1-2H3,(H,44,50)/b7-3-. The lowest BCUT2D eigenvalue weighted by Crippen LogP contribution is -2.56. The predicted molar refractivity (Wildman–Crippen MR) is 178 cm³/mol. The number of alkyl halides is 6. The minimum atomic E-state index is -5.86. The van der Waals surface area contributed by atoms with Crippen LogP contribution in [0.4, 0.5) is 36.8 Å². The first-order chi connectivity index (χ1) is 24.6. The van der Waals surface area contributed by atoms with Gasteiger partial charge in [0.2, 0.25) is 5.91 Å². The lowest BCUT2D eigenvalue weighted by atomic mass is 9.84. The number of fused-ring (bicyclic) bond motifs is 1. The molecule has 3 aliphatic heterocycles. The van der Waals surface area contributed by atoms with E-state index in [0.29, 0.717) is 24.3 Å². The second-order valence-electron chi connectivity index (χ2n) is 13.3. The molecule has 1 aliphatic carbocycles. The summed E-state index contributed by atoms with van der Waals surface area (Å²) in [6, 6.07) is 9.41. The van der Waals surface area contributed by atoms with E-state index in [1.807, 2.05) is 6.08 Å². The Morgan fingerprint density at radius 1 is 1.02 bits per heavy atom. The van der Waals surface area contributed by atoms with Gasteiger partial charge in [-0.1, -0.05) is 54.6 Å². The molecule has 278 valence electrons. The predicted octanol–water partition coefficient (Wildman–Crippen LogP) is 6.47. The molecular weight excluding hydrogens is 694 g/mol. The van der Waals surface area contributed by atoms with Gasteiger partial charge in [-0.25, -0.2) is 4.79 Å². The Hall–Kier alpha value is -4.79. The van der Waals surface area contributed by atoms with Gasteiger partial charge in [0, 0.05) is 43.3 Å². The van der Waals surface area contributed by atoms with E-state index < -0.39 is 60.1 Å². The van der Waals surface area contributed by atoms with Crippen LogP contribution in [0, 0.1) is 5.92 Å². The highest BCUT2D eigenvalue weighted by atomic mass is 19.4. The summed E-state index contributed by atoms with van der Waals surface area (Å²) in [7, 11) is 0. The smallest absolute Gasteiger partial charge is 0.430 e. The Balaban J connectivity index is 1.16. The van der Waals surface area contributed by atoms with Crippen molar-refractivity contribution in [3.05, 3.63) is 94.8 Å². The molecule has 52 heavy (non-hydrogen) atoms. The molecule has 3 fully saturated rings. The summed E-state index contributed by atoms with van der Waals surface area (Å²) in [5.41, 5.74) is -5.90. The molecule has 6 rings (SSSR count). The number of hydrogen-bond acceptors (Lipinski definition) is 6. The number of anilines is 1. The molecule has 4 amide bonds. The van der Waals surface area contributed by atoms with Gasteiger partial charge < -0.3 is 24.6 Å². The van der Waals surface area contributed by atoms with Gasteiger partial charge in [-0.3, -0.25) is 14.5 Å². The first-order valence-corrected chi connectivity index (χ1v) is 16.9. The third-order valence-electron chi connectivity index (χ3n) is 10.1. The molecule has 3 heterocycles. The van der Waals surface area contributed by atoms with E-state index in [0.717, 1.165) is 29.2 Å². The van der Waals surface area contributed by atoms with Crippen LogP contribution in [0.2, 0.25) is 0 Å². The molecule has 1 N–H and O–H groups in total. The number of urea groups is 1. The monoisotopic (exact) mass is 732 g/mol. The summed E-state index contributed by atoms with van der Waals surface area (Å²) in [6.45, 7) is 2.95. The summed E-state index contributed by atoms with van der Waals surface area (Å²) in [4.78, 5) is 43.9. The van der Waals surface area contributed by atoms with Crippen molar-refractivity contribution in [3.63, 3.8) is 0 Å². The molecule has 2 aromatic carbocycles. The maximum atomic E-state index is 14.6. The number of piperazine rings is 1. The van der Waals surface area contributed by atoms with Crippen molar-refractivity contribution < 1.29 is 50.2 Å². The fraction of sp³-hybridized carbons (Fsp3) is 0.432. The minimum absolute atomic E-state index is 0.0980. The van der Waals surface area contributed by atoms with Crippen LogP contribution in [-0.2, 0) is 31.3 Å². The maximum Gasteiger partial charge on any atom is 0.430 e. The number of allylic oxidation sites excluding steroid dienone is 3. The zero-order valence-corrected chi connectivity index (χ0v) is 28.5. The van der Waals surface area contributed by atoms with Gasteiger partial charge in [0.05, 0.1) is 19.0 Å². The normalized spacial score (nSPS) is 22.7. The third-order valence-corrected chi connectivity index (χ3v) is 10.1. The molecule has 0 aromatic heterocycles. The zero-order valence-electron chi connectivity index (χ0n) is 28.5. The van der Waals surface area contributed by atoms with Crippen molar-refractivity contribution >= 4 is 29.6 Å². The number of benzene rings is 2. The second-order valence-corrected chi connectivity index (χ2v) is 13.3. The number of amides is 4. The maximum absolute atomic E-state index is 14.6. The van der Waals surface area contributed by atoms with Crippen molar-refractivity contribution in [2.45, 2.75) is 56.8 Å². The number of rotatable bonds is 9. The van der Waals surface area contributed by atoms with Crippen molar-refractivity contribution in [2.24, 2.45) is 5.92 Å². The van der Waals surface area contributed by atoms with Crippen molar-refractivity contribution in [1.82, 2.24) is 15.1 Å². The van der Waals surface area contributed by atoms with Gasteiger partial charge in [-0.2, -0.15) is 26.3 Å². The number of hydrogen-bond donors (Lipinski definition) is 1. The molecule has 2 atom stereocenters. The Kier molecular flexibility index (Phi) is 9.94. The third kappa shape index (κ3) is 6.66. The molecule has 15 heteroatoms. The van der Waals surface area contributed by atoms with Gasteiger partial charge >= 0.3 is 18.4 Å². The van der Waals surface area contributed by atoms with Gasteiger partial charge in [0.1, 0.15) is 12.1 Å². The first-order valence-electron chi connectivity index (χ1n) is 16.9. The molecule has 4 aliphatic rings. The number of nitrogens with zero attached hydrogens (tertiary/aromatic N) is 3. The number of ether oxygens (including phenoxy) is 2. The topological polar surface area (TPSA) is 91.4 Å². The highest BCUT2D eigenvalue weighted by molar-refractivity contribution is 6.11. The number of nitrogens with one attached hydrogen (secondary N) is 1. The lowest BCUT2D eigenvalue weighted by Gasteiger charge is -2.39. The van der Waals surface area contributed by atoms with Crippen molar-refractivity contribution in [1.29, 1.82) is 0 Å². The number of imide groups is 1. The molecule has 2 aromatic rings. The zero-order chi connectivity index (χ0) is 37.5. The molecule has 0 spiro atoms. The number of carbonyl (C=O) groups is 3. The fourth-order valence-corrected chi connectivity index (χ4v) is 7.15. The van der Waals surface area contributed by atoms with E-state index in [9.17, 15) is 40.7 Å². The first kappa shape index (κ1) is 37.0. The SMILES string of the molecule is C/C=C\c1cc(C(OCc2ccccc2)(C(F)(F)F)C(F)(F)F)ccc1N1CCN(C(=O)CN2C(=O)NC(C)(C3=CCC4CCOC4=C3)C2=O)CC1. The van der Waals surface area contributed by atoms with E-state index in [1.54, 1.807) is 30.9 Å². The van der Waals surface area contributed by atoms with Crippen LogP contribution in [0.5, 0.6) is 0 Å². The van der Waals surface area contributed by atoms with Gasteiger partial charge in [0.25, 0.3) is 11.5 Å². The van der Waals surface area contributed by atoms with E-state index in [-0.39, 0.29) is 43.2 Å². The van der Waals surface area contributed by atoms with Crippen LogP contribution < -0.4 is 10.2 Å². The second kappa shape index (κ2) is 14.0. The summed E-state index contributed by atoms with van der Waals surface area (Å²) < 4.78 is 97.9. The Bertz CT molecular complexity index is 1790. The number of carbonyl (C=O) groups excluding carboxylic acids is 3. The quantitative estimate of drug-likeness (QED) is 0.235. The Labute approximate surface area is 296 Å². The largest absolute Gasteiger partial charge is 0.498 e. The van der Waals surface area contributed by atoms with E-state index in [2.05, 4.69) is 5.32 Å². The average molecular weight is 733 g/mol. The van der Waals surface area contributed by atoms with Crippen LogP contribution in [-0.4, -0.2) is 84.9 Å². The summed E-state index contributed by atoms with van der Waals surface area (Å²) >= 11 is 0. The Morgan fingerprint density at radius 3 is 2.37 bits per heavy atom. The van der Waals surface area contributed by atoms with E-state index in [4.69, 9.17) is 9.47 Å². The molecule has 0 saturated carbocycles. The summed E-state index contributed by atoms with van der Waals surface area (Å²) in [5.74, 6) is -0.0315. The minimum Gasteiger partial charge on any atom is -0.498 e. The van der Waals surface area contributed by atoms with Crippen molar-refractivity contribution in [2.75, 3.05) is 44.2 Å². The lowest BCUT2D eigenvalue weighted by molar-refractivity contribution is -0.392. The molecule has 0 bridgehead atoms. The van der Waals surface area contributed by atoms with E-state index in [1.165, 1.54) is 47.4 Å². The molecule has 3 saturated heterocycles. The summed E-state index contributed by atoms with van der Waals surface area (Å²) in [6.07, 6.45) is -3.56. The van der Waals surface area contributed by atoms with Gasteiger partial charge in [0.15, 0.2) is 0 Å². The molecule has 2 unspecified atom stereocenters. The van der Waals surface area contributed by atoms with Crippen LogP contribution in [0.3, 0.4) is 0 Å². The van der Waals surface area contributed by atoms with E-state index >= 15 is 0 Å². The molecule has 0 radical (unpaired) electrons. The van der Waals surface area contributed by atoms with Crippen LogP contribution in [0.25, 0.3) is 6.08 Å². The van der Waals surface area contributed by atoms with Crippen LogP contribution in [0.15, 0.2) is 78.1 Å². The highest BCUT2D eigenvalue weighted by Gasteiger charge is 2.73. The van der Waals surface area contributed by atoms with Crippen LogP contribution in [0.1, 0.15) is 43.4 Å². The highest BCUT2D eigenvalue weighted by Crippen LogP contribution is 2.54. The van der Waals surface area contributed by atoms with Gasteiger partial charge in [-0.15, -0.1) is 0 Å². The average Bonchev–Trinajstić information content (AvgIpc) is 3.66. The molecular formula is C37H38F6N4O5. The number of halogens is 6. The van der Waals surface area contributed by atoms with Crippen molar-refractivity contribution in [3.8, 4) is 0 Å².